The number of carbonyl (C=O) groups is 1. The second-order valence-electron chi connectivity index (χ2n) is 6.49. The van der Waals surface area contributed by atoms with Gasteiger partial charge in [-0.2, -0.15) is 0 Å². The maximum atomic E-state index is 12.6. The first-order chi connectivity index (χ1) is 11.7. The SMILES string of the molecule is O=C(Nc1cccc(Cl)c1)N1CCC2=C(C1)C(C1CCOC1)NN2. The van der Waals surface area contributed by atoms with Gasteiger partial charge in [-0.15, -0.1) is 0 Å². The lowest BCUT2D eigenvalue weighted by Gasteiger charge is -2.30. The summed E-state index contributed by atoms with van der Waals surface area (Å²) < 4.78 is 5.52. The number of benzene rings is 1. The Morgan fingerprint density at radius 2 is 2.33 bits per heavy atom. The summed E-state index contributed by atoms with van der Waals surface area (Å²) in [6, 6.07) is 7.39. The third-order valence-corrected chi connectivity index (χ3v) is 5.17. The molecular weight excluding hydrogens is 328 g/mol. The molecule has 3 aliphatic rings. The van der Waals surface area contributed by atoms with Crippen LogP contribution in [0.1, 0.15) is 12.8 Å². The second kappa shape index (κ2) is 6.63. The van der Waals surface area contributed by atoms with Crippen molar-refractivity contribution in [2.45, 2.75) is 18.9 Å². The topological polar surface area (TPSA) is 65.6 Å². The van der Waals surface area contributed by atoms with Crippen molar-refractivity contribution >= 4 is 23.3 Å². The first kappa shape index (κ1) is 15.7. The predicted molar refractivity (Wildman–Crippen MR) is 92.7 cm³/mol. The summed E-state index contributed by atoms with van der Waals surface area (Å²) in [5.41, 5.74) is 9.92. The third kappa shape index (κ3) is 3.09. The molecule has 3 N–H and O–H groups in total. The number of rotatable bonds is 2. The number of anilines is 1. The van der Waals surface area contributed by atoms with Gasteiger partial charge in [-0.05, 0) is 30.2 Å². The van der Waals surface area contributed by atoms with E-state index in [0.29, 0.717) is 24.0 Å². The van der Waals surface area contributed by atoms with Crippen LogP contribution in [0.3, 0.4) is 0 Å². The molecule has 1 aromatic rings. The van der Waals surface area contributed by atoms with Crippen molar-refractivity contribution in [2.24, 2.45) is 5.92 Å². The molecule has 0 aliphatic carbocycles. The van der Waals surface area contributed by atoms with Crippen LogP contribution in [-0.2, 0) is 4.74 Å². The number of nitrogens with one attached hydrogen (secondary N) is 3. The minimum Gasteiger partial charge on any atom is -0.381 e. The highest BCUT2D eigenvalue weighted by molar-refractivity contribution is 6.30. The second-order valence-corrected chi connectivity index (χ2v) is 6.92. The molecule has 0 saturated carbocycles. The summed E-state index contributed by atoms with van der Waals surface area (Å²) in [6.45, 7) is 2.95. The van der Waals surface area contributed by atoms with E-state index in [2.05, 4.69) is 16.2 Å². The van der Waals surface area contributed by atoms with Crippen molar-refractivity contribution in [3.63, 3.8) is 0 Å². The van der Waals surface area contributed by atoms with Gasteiger partial charge < -0.3 is 20.4 Å². The molecule has 7 heteroatoms. The zero-order valence-electron chi connectivity index (χ0n) is 13.3. The van der Waals surface area contributed by atoms with Crippen molar-refractivity contribution in [3.8, 4) is 0 Å². The molecule has 4 rings (SSSR count). The molecule has 0 aromatic heterocycles. The first-order valence-corrected chi connectivity index (χ1v) is 8.71. The average Bonchev–Trinajstić information content (AvgIpc) is 3.23. The molecule has 0 spiro atoms. The molecule has 2 atom stereocenters. The minimum absolute atomic E-state index is 0.0860. The summed E-state index contributed by atoms with van der Waals surface area (Å²) in [4.78, 5) is 14.4. The first-order valence-electron chi connectivity index (χ1n) is 8.33. The van der Waals surface area contributed by atoms with Crippen LogP contribution in [0.25, 0.3) is 0 Å². The lowest BCUT2D eigenvalue weighted by molar-refractivity contribution is 0.179. The van der Waals surface area contributed by atoms with E-state index in [4.69, 9.17) is 16.3 Å². The number of nitrogens with zero attached hydrogens (tertiary/aromatic N) is 1. The molecule has 2 unspecified atom stereocenters. The number of halogens is 1. The number of hydrogen-bond donors (Lipinski definition) is 3. The fraction of sp³-hybridized carbons (Fsp3) is 0.471. The smallest absolute Gasteiger partial charge is 0.322 e. The fourth-order valence-electron chi connectivity index (χ4n) is 3.63. The van der Waals surface area contributed by atoms with Gasteiger partial charge in [-0.25, -0.2) is 10.2 Å². The van der Waals surface area contributed by atoms with Gasteiger partial charge in [0, 0.05) is 48.4 Å². The quantitative estimate of drug-likeness (QED) is 0.767. The van der Waals surface area contributed by atoms with Crippen molar-refractivity contribution in [2.75, 3.05) is 31.6 Å². The molecule has 1 saturated heterocycles. The number of hydrazine groups is 1. The molecule has 1 aromatic carbocycles. The number of carbonyl (C=O) groups excluding carboxylic acids is 1. The van der Waals surface area contributed by atoms with Crippen LogP contribution in [0.15, 0.2) is 35.5 Å². The zero-order chi connectivity index (χ0) is 16.5. The molecule has 2 amide bonds. The zero-order valence-corrected chi connectivity index (χ0v) is 14.1. The van der Waals surface area contributed by atoms with Crippen LogP contribution in [0.5, 0.6) is 0 Å². The average molecular weight is 349 g/mol. The van der Waals surface area contributed by atoms with Crippen molar-refractivity contribution in [1.82, 2.24) is 15.8 Å². The van der Waals surface area contributed by atoms with Crippen molar-refractivity contribution < 1.29 is 9.53 Å². The maximum Gasteiger partial charge on any atom is 0.322 e. The summed E-state index contributed by atoms with van der Waals surface area (Å²) >= 11 is 5.98. The molecule has 24 heavy (non-hydrogen) atoms. The maximum absolute atomic E-state index is 12.6. The fourth-order valence-corrected chi connectivity index (χ4v) is 3.82. The van der Waals surface area contributed by atoms with Crippen LogP contribution < -0.4 is 16.2 Å². The highest BCUT2D eigenvalue weighted by atomic mass is 35.5. The Hall–Kier alpha value is -1.76. The van der Waals surface area contributed by atoms with E-state index in [0.717, 1.165) is 31.7 Å². The van der Waals surface area contributed by atoms with Crippen LogP contribution in [0, 0.1) is 5.92 Å². The highest BCUT2D eigenvalue weighted by Crippen LogP contribution is 2.30. The Morgan fingerprint density at radius 1 is 1.42 bits per heavy atom. The van der Waals surface area contributed by atoms with E-state index in [9.17, 15) is 4.79 Å². The van der Waals surface area contributed by atoms with Gasteiger partial charge in [-0.3, -0.25) is 0 Å². The van der Waals surface area contributed by atoms with Gasteiger partial charge in [0.2, 0.25) is 0 Å². The van der Waals surface area contributed by atoms with E-state index in [-0.39, 0.29) is 12.1 Å². The van der Waals surface area contributed by atoms with Gasteiger partial charge >= 0.3 is 6.03 Å². The Kier molecular flexibility index (Phi) is 4.35. The molecular formula is C17H21ClN4O2. The number of ether oxygens (including phenoxy) is 1. The van der Waals surface area contributed by atoms with Crippen molar-refractivity contribution in [3.05, 3.63) is 40.6 Å². The summed E-state index contributed by atoms with van der Waals surface area (Å²) in [7, 11) is 0. The summed E-state index contributed by atoms with van der Waals surface area (Å²) in [5.74, 6) is 0.473. The van der Waals surface area contributed by atoms with Gasteiger partial charge in [0.1, 0.15) is 0 Å². The van der Waals surface area contributed by atoms with Gasteiger partial charge in [0.25, 0.3) is 0 Å². The predicted octanol–water partition coefficient (Wildman–Crippen LogP) is 2.34. The molecule has 3 heterocycles. The molecule has 0 radical (unpaired) electrons. The normalized spacial score (nSPS) is 26.3. The number of hydrogen-bond acceptors (Lipinski definition) is 4. The van der Waals surface area contributed by atoms with Crippen LogP contribution in [-0.4, -0.2) is 43.3 Å². The van der Waals surface area contributed by atoms with Crippen LogP contribution in [0.2, 0.25) is 5.02 Å². The monoisotopic (exact) mass is 348 g/mol. The Labute approximate surface area is 146 Å². The van der Waals surface area contributed by atoms with Gasteiger partial charge in [0.05, 0.1) is 12.6 Å². The molecule has 128 valence electrons. The third-order valence-electron chi connectivity index (χ3n) is 4.93. The Morgan fingerprint density at radius 3 is 3.12 bits per heavy atom. The van der Waals surface area contributed by atoms with Crippen LogP contribution in [0.4, 0.5) is 10.5 Å². The van der Waals surface area contributed by atoms with E-state index in [1.54, 1.807) is 12.1 Å². The van der Waals surface area contributed by atoms with Gasteiger partial charge in [0.15, 0.2) is 0 Å². The van der Waals surface area contributed by atoms with E-state index in [1.165, 1.54) is 11.3 Å². The Balaban J connectivity index is 1.43. The minimum atomic E-state index is -0.0860. The lowest BCUT2D eigenvalue weighted by Crippen LogP contribution is -2.43. The molecule has 3 aliphatic heterocycles. The van der Waals surface area contributed by atoms with E-state index >= 15 is 0 Å². The summed E-state index contributed by atoms with van der Waals surface area (Å²) in [5, 5.41) is 3.54. The van der Waals surface area contributed by atoms with Crippen molar-refractivity contribution in [1.29, 1.82) is 0 Å². The number of urea groups is 1. The molecule has 1 fully saturated rings. The Bertz CT molecular complexity index is 672. The molecule has 0 bridgehead atoms. The standard InChI is InChI=1S/C17H21ClN4O2/c18-12-2-1-3-13(8-12)19-17(23)22-6-4-15-14(9-22)16(21-20-15)11-5-7-24-10-11/h1-3,8,11,16,20-21H,4-7,9-10H2,(H,19,23). The van der Waals surface area contributed by atoms with Gasteiger partial charge in [-0.1, -0.05) is 17.7 Å². The van der Waals surface area contributed by atoms with E-state index in [1.807, 2.05) is 17.0 Å². The van der Waals surface area contributed by atoms with Crippen LogP contribution >= 0.6 is 11.6 Å². The van der Waals surface area contributed by atoms with E-state index < -0.39 is 0 Å². The summed E-state index contributed by atoms with van der Waals surface area (Å²) in [6.07, 6.45) is 1.90. The largest absolute Gasteiger partial charge is 0.381 e. The highest BCUT2D eigenvalue weighted by Gasteiger charge is 2.37. The molecule has 6 nitrogen and oxygen atoms in total. The lowest BCUT2D eigenvalue weighted by atomic mass is 9.90. The number of amides is 2.